The van der Waals surface area contributed by atoms with Crippen molar-refractivity contribution in [1.82, 2.24) is 10.1 Å². The van der Waals surface area contributed by atoms with Crippen LogP contribution < -0.4 is 10.6 Å². The van der Waals surface area contributed by atoms with Gasteiger partial charge in [0, 0.05) is 49.0 Å². The van der Waals surface area contributed by atoms with Crippen molar-refractivity contribution in [2.75, 3.05) is 37.6 Å². The SMILES string of the molecule is Cc1noc(C)c1CCCN=C(N)N1CCN(c2ccc(Cl)cc2)CC1. The topological polar surface area (TPSA) is 70.9 Å². The summed E-state index contributed by atoms with van der Waals surface area (Å²) < 4.78 is 5.19. The Morgan fingerprint density at radius 3 is 2.50 bits per heavy atom. The monoisotopic (exact) mass is 375 g/mol. The van der Waals surface area contributed by atoms with E-state index in [0.717, 1.165) is 55.5 Å². The Morgan fingerprint density at radius 2 is 1.88 bits per heavy atom. The standard InChI is InChI=1S/C19H26ClN5O/c1-14-18(15(2)26-23-14)4-3-9-22-19(21)25-12-10-24(11-13-25)17-7-5-16(20)6-8-17/h5-8H,3-4,9-13H2,1-2H3,(H2,21,22). The fourth-order valence-corrected chi connectivity index (χ4v) is 3.38. The molecule has 26 heavy (non-hydrogen) atoms. The summed E-state index contributed by atoms with van der Waals surface area (Å²) in [4.78, 5) is 9.05. The maximum atomic E-state index is 6.18. The number of aliphatic imine (C=N–C) groups is 1. The Morgan fingerprint density at radius 1 is 1.19 bits per heavy atom. The van der Waals surface area contributed by atoms with Gasteiger partial charge in [-0.15, -0.1) is 0 Å². The van der Waals surface area contributed by atoms with Crippen LogP contribution in [0.3, 0.4) is 0 Å². The van der Waals surface area contributed by atoms with Gasteiger partial charge in [0.15, 0.2) is 5.96 Å². The van der Waals surface area contributed by atoms with Crippen LogP contribution in [0, 0.1) is 13.8 Å². The van der Waals surface area contributed by atoms with Crippen LogP contribution in [0.2, 0.25) is 5.02 Å². The van der Waals surface area contributed by atoms with Gasteiger partial charge in [-0.05, 0) is 51.0 Å². The Labute approximate surface area is 159 Å². The maximum absolute atomic E-state index is 6.18. The Bertz CT molecular complexity index is 728. The Balaban J connectivity index is 1.45. The third kappa shape index (κ3) is 4.49. The van der Waals surface area contributed by atoms with E-state index in [9.17, 15) is 0 Å². The van der Waals surface area contributed by atoms with E-state index >= 15 is 0 Å². The van der Waals surface area contributed by atoms with E-state index in [4.69, 9.17) is 21.9 Å². The molecule has 1 aromatic heterocycles. The van der Waals surface area contributed by atoms with Crippen molar-refractivity contribution in [3.05, 3.63) is 46.3 Å². The molecule has 1 aliphatic heterocycles. The van der Waals surface area contributed by atoms with Gasteiger partial charge in [-0.2, -0.15) is 0 Å². The molecular weight excluding hydrogens is 350 g/mol. The van der Waals surface area contributed by atoms with Gasteiger partial charge in [0.25, 0.3) is 0 Å². The molecule has 0 unspecified atom stereocenters. The Kier molecular flexibility index (Phi) is 6.04. The second kappa shape index (κ2) is 8.45. The predicted molar refractivity (Wildman–Crippen MR) is 106 cm³/mol. The summed E-state index contributed by atoms with van der Waals surface area (Å²) in [5.74, 6) is 1.54. The molecule has 1 fully saturated rings. The van der Waals surface area contributed by atoms with Crippen LogP contribution in [0.5, 0.6) is 0 Å². The lowest BCUT2D eigenvalue weighted by molar-refractivity contribution is 0.380. The van der Waals surface area contributed by atoms with Crippen molar-refractivity contribution in [3.8, 4) is 0 Å². The first-order valence-electron chi connectivity index (χ1n) is 9.01. The van der Waals surface area contributed by atoms with Gasteiger partial charge in [-0.25, -0.2) is 0 Å². The first-order chi connectivity index (χ1) is 12.5. The quantitative estimate of drug-likeness (QED) is 0.494. The molecule has 0 aliphatic carbocycles. The maximum Gasteiger partial charge on any atom is 0.191 e. The third-order valence-electron chi connectivity index (χ3n) is 4.84. The number of hydrogen-bond acceptors (Lipinski definition) is 4. The van der Waals surface area contributed by atoms with Crippen LogP contribution in [-0.4, -0.2) is 48.7 Å². The van der Waals surface area contributed by atoms with E-state index in [1.54, 1.807) is 0 Å². The molecule has 2 N–H and O–H groups in total. The number of aryl methyl sites for hydroxylation is 2. The van der Waals surface area contributed by atoms with Gasteiger partial charge < -0.3 is 20.1 Å². The molecule has 1 aromatic carbocycles. The normalized spacial score (nSPS) is 15.6. The molecule has 0 amide bonds. The number of guanidine groups is 1. The number of benzene rings is 1. The number of nitrogens with zero attached hydrogens (tertiary/aromatic N) is 4. The largest absolute Gasteiger partial charge is 0.370 e. The minimum absolute atomic E-state index is 0.638. The summed E-state index contributed by atoms with van der Waals surface area (Å²) in [6.45, 7) is 8.25. The molecular formula is C19H26ClN5O. The van der Waals surface area contributed by atoms with E-state index in [2.05, 4.69) is 32.1 Å². The zero-order valence-corrected chi connectivity index (χ0v) is 16.2. The van der Waals surface area contributed by atoms with E-state index < -0.39 is 0 Å². The van der Waals surface area contributed by atoms with Crippen molar-refractivity contribution < 1.29 is 4.52 Å². The number of anilines is 1. The van der Waals surface area contributed by atoms with Gasteiger partial charge >= 0.3 is 0 Å². The number of halogens is 1. The van der Waals surface area contributed by atoms with Crippen molar-refractivity contribution in [1.29, 1.82) is 0 Å². The number of hydrogen-bond donors (Lipinski definition) is 1. The van der Waals surface area contributed by atoms with Gasteiger partial charge in [0.2, 0.25) is 0 Å². The van der Waals surface area contributed by atoms with E-state index in [1.807, 2.05) is 26.0 Å². The van der Waals surface area contributed by atoms with Crippen molar-refractivity contribution in [2.45, 2.75) is 26.7 Å². The molecule has 140 valence electrons. The summed E-state index contributed by atoms with van der Waals surface area (Å²) in [6, 6.07) is 7.98. The van der Waals surface area contributed by atoms with E-state index in [-0.39, 0.29) is 0 Å². The van der Waals surface area contributed by atoms with Gasteiger partial charge in [-0.3, -0.25) is 4.99 Å². The van der Waals surface area contributed by atoms with Crippen LogP contribution in [-0.2, 0) is 6.42 Å². The van der Waals surface area contributed by atoms with E-state index in [1.165, 1.54) is 11.3 Å². The van der Waals surface area contributed by atoms with Crippen molar-refractivity contribution >= 4 is 23.2 Å². The molecule has 0 radical (unpaired) electrons. The van der Waals surface area contributed by atoms with Crippen LogP contribution in [0.1, 0.15) is 23.4 Å². The zero-order valence-electron chi connectivity index (χ0n) is 15.4. The third-order valence-corrected chi connectivity index (χ3v) is 5.09. The minimum atomic E-state index is 0.638. The first-order valence-corrected chi connectivity index (χ1v) is 9.39. The van der Waals surface area contributed by atoms with E-state index in [0.29, 0.717) is 12.5 Å². The highest BCUT2D eigenvalue weighted by Gasteiger charge is 2.18. The highest BCUT2D eigenvalue weighted by molar-refractivity contribution is 6.30. The number of nitrogens with two attached hydrogens (primary N) is 1. The lowest BCUT2D eigenvalue weighted by Gasteiger charge is -2.36. The second-order valence-electron chi connectivity index (χ2n) is 6.60. The number of aromatic nitrogens is 1. The molecule has 0 saturated carbocycles. The van der Waals surface area contributed by atoms with Crippen LogP contribution in [0.25, 0.3) is 0 Å². The molecule has 2 heterocycles. The Hall–Kier alpha value is -2.21. The molecule has 7 heteroatoms. The van der Waals surface area contributed by atoms with Gasteiger partial charge in [-0.1, -0.05) is 16.8 Å². The zero-order chi connectivity index (χ0) is 18.5. The van der Waals surface area contributed by atoms with Crippen LogP contribution in [0.4, 0.5) is 5.69 Å². The molecule has 1 saturated heterocycles. The molecule has 6 nitrogen and oxygen atoms in total. The number of piperazine rings is 1. The smallest absolute Gasteiger partial charge is 0.191 e. The summed E-state index contributed by atoms with van der Waals surface area (Å²) in [5, 5.41) is 4.75. The summed E-state index contributed by atoms with van der Waals surface area (Å²) in [6.07, 6.45) is 1.86. The number of rotatable bonds is 5. The lowest BCUT2D eigenvalue weighted by atomic mass is 10.1. The van der Waals surface area contributed by atoms with Crippen molar-refractivity contribution in [3.63, 3.8) is 0 Å². The average Bonchev–Trinajstić information content (AvgIpc) is 2.97. The average molecular weight is 376 g/mol. The van der Waals surface area contributed by atoms with Crippen LogP contribution >= 0.6 is 11.6 Å². The molecule has 0 bridgehead atoms. The molecule has 0 spiro atoms. The molecule has 0 atom stereocenters. The second-order valence-corrected chi connectivity index (χ2v) is 7.03. The lowest BCUT2D eigenvalue weighted by Crippen LogP contribution is -2.51. The van der Waals surface area contributed by atoms with Gasteiger partial charge in [0.05, 0.1) is 5.69 Å². The summed E-state index contributed by atoms with van der Waals surface area (Å²) >= 11 is 5.96. The highest BCUT2D eigenvalue weighted by Crippen LogP contribution is 2.19. The predicted octanol–water partition coefficient (Wildman–Crippen LogP) is 3.01. The molecule has 3 rings (SSSR count). The van der Waals surface area contributed by atoms with Crippen molar-refractivity contribution in [2.24, 2.45) is 10.7 Å². The van der Waals surface area contributed by atoms with Gasteiger partial charge in [0.1, 0.15) is 5.76 Å². The summed E-state index contributed by atoms with van der Waals surface area (Å²) in [7, 11) is 0. The molecule has 2 aromatic rings. The fourth-order valence-electron chi connectivity index (χ4n) is 3.25. The fraction of sp³-hybridized carbons (Fsp3) is 0.474. The highest BCUT2D eigenvalue weighted by atomic mass is 35.5. The van der Waals surface area contributed by atoms with Crippen LogP contribution in [0.15, 0.2) is 33.8 Å². The minimum Gasteiger partial charge on any atom is -0.370 e. The molecule has 1 aliphatic rings. The summed E-state index contributed by atoms with van der Waals surface area (Å²) in [5.41, 5.74) is 9.54. The first kappa shape index (κ1) is 18.6.